The van der Waals surface area contributed by atoms with Crippen molar-refractivity contribution in [2.45, 2.75) is 33.0 Å². The lowest BCUT2D eigenvalue weighted by Gasteiger charge is -2.21. The predicted octanol–water partition coefficient (Wildman–Crippen LogP) is 3.53. The van der Waals surface area contributed by atoms with Crippen LogP contribution in [0.15, 0.2) is 18.2 Å². The Labute approximate surface area is 109 Å². The molecule has 0 saturated carbocycles. The van der Waals surface area contributed by atoms with Crippen LogP contribution in [0.5, 0.6) is 0 Å². The monoisotopic (exact) mass is 275 g/mol. The lowest BCUT2D eigenvalue weighted by Crippen LogP contribution is -2.34. The lowest BCUT2D eigenvalue weighted by molar-refractivity contribution is -0.139. The number of carboxylic acids is 1. The van der Waals surface area contributed by atoms with Gasteiger partial charge in [0.25, 0.3) is 0 Å². The number of anilines is 1. The van der Waals surface area contributed by atoms with Crippen molar-refractivity contribution in [3.63, 3.8) is 0 Å². The zero-order chi connectivity index (χ0) is 14.8. The third-order valence-electron chi connectivity index (χ3n) is 2.81. The van der Waals surface area contributed by atoms with Crippen molar-refractivity contribution >= 4 is 11.7 Å². The zero-order valence-electron chi connectivity index (χ0n) is 10.9. The number of carbonyl (C=O) groups is 1. The predicted molar refractivity (Wildman–Crippen MR) is 66.1 cm³/mol. The van der Waals surface area contributed by atoms with Crippen LogP contribution in [-0.2, 0) is 11.0 Å². The largest absolute Gasteiger partial charge is 0.480 e. The Bertz CT molecular complexity index is 469. The molecule has 0 aliphatic rings. The molecular formula is C13H16F3NO2. The second kappa shape index (κ2) is 5.50. The molecule has 6 heteroatoms. The summed E-state index contributed by atoms with van der Waals surface area (Å²) in [6, 6.07) is 2.31. The Morgan fingerprint density at radius 2 is 1.89 bits per heavy atom. The topological polar surface area (TPSA) is 49.3 Å². The van der Waals surface area contributed by atoms with Gasteiger partial charge in [0.15, 0.2) is 0 Å². The fraction of sp³-hybridized carbons (Fsp3) is 0.462. The van der Waals surface area contributed by atoms with Crippen molar-refractivity contribution in [2.75, 3.05) is 5.32 Å². The van der Waals surface area contributed by atoms with Crippen molar-refractivity contribution < 1.29 is 23.1 Å². The summed E-state index contributed by atoms with van der Waals surface area (Å²) in [5, 5.41) is 11.7. The van der Waals surface area contributed by atoms with Crippen molar-refractivity contribution in [2.24, 2.45) is 5.92 Å². The molecule has 1 aromatic carbocycles. The molecule has 1 unspecified atom stereocenters. The van der Waals surface area contributed by atoms with Crippen LogP contribution in [0.2, 0.25) is 0 Å². The number of aryl methyl sites for hydroxylation is 1. The first-order valence-corrected chi connectivity index (χ1v) is 5.80. The molecule has 0 aliphatic heterocycles. The molecule has 0 bridgehead atoms. The molecule has 2 N–H and O–H groups in total. The number of nitrogens with one attached hydrogen (secondary N) is 1. The fourth-order valence-corrected chi connectivity index (χ4v) is 1.63. The minimum Gasteiger partial charge on any atom is -0.480 e. The third-order valence-corrected chi connectivity index (χ3v) is 2.81. The molecule has 1 aromatic rings. The van der Waals surface area contributed by atoms with Gasteiger partial charge in [-0.05, 0) is 30.5 Å². The van der Waals surface area contributed by atoms with Gasteiger partial charge in [0.2, 0.25) is 0 Å². The molecule has 0 saturated heterocycles. The third kappa shape index (κ3) is 3.87. The quantitative estimate of drug-likeness (QED) is 0.883. The second-order valence-electron chi connectivity index (χ2n) is 4.73. The first kappa shape index (κ1) is 15.3. The van der Waals surface area contributed by atoms with Gasteiger partial charge in [-0.1, -0.05) is 19.9 Å². The van der Waals surface area contributed by atoms with Crippen molar-refractivity contribution in [1.29, 1.82) is 0 Å². The van der Waals surface area contributed by atoms with Gasteiger partial charge in [0, 0.05) is 5.69 Å². The van der Waals surface area contributed by atoms with Gasteiger partial charge in [-0.3, -0.25) is 0 Å². The summed E-state index contributed by atoms with van der Waals surface area (Å²) in [7, 11) is 0. The first-order chi connectivity index (χ1) is 8.62. The van der Waals surface area contributed by atoms with E-state index in [0.717, 1.165) is 12.1 Å². The molecule has 0 radical (unpaired) electrons. The number of rotatable bonds is 4. The van der Waals surface area contributed by atoms with Crippen LogP contribution in [0, 0.1) is 12.8 Å². The highest BCUT2D eigenvalue weighted by molar-refractivity contribution is 5.78. The molecular weight excluding hydrogens is 259 g/mol. The van der Waals surface area contributed by atoms with Crippen LogP contribution in [-0.4, -0.2) is 17.1 Å². The summed E-state index contributed by atoms with van der Waals surface area (Å²) in [6.45, 7) is 5.01. The van der Waals surface area contributed by atoms with Crippen LogP contribution in [0.4, 0.5) is 18.9 Å². The minimum atomic E-state index is -4.44. The van der Waals surface area contributed by atoms with E-state index < -0.39 is 23.8 Å². The summed E-state index contributed by atoms with van der Waals surface area (Å²) < 4.78 is 37.8. The molecule has 19 heavy (non-hydrogen) atoms. The maximum absolute atomic E-state index is 12.6. The number of hydrogen-bond donors (Lipinski definition) is 2. The van der Waals surface area contributed by atoms with Crippen molar-refractivity contribution in [3.05, 3.63) is 29.3 Å². The average molecular weight is 275 g/mol. The van der Waals surface area contributed by atoms with Gasteiger partial charge in [-0.25, -0.2) is 4.79 Å². The second-order valence-corrected chi connectivity index (χ2v) is 4.73. The van der Waals surface area contributed by atoms with Gasteiger partial charge in [-0.15, -0.1) is 0 Å². The number of aliphatic carboxylic acids is 1. The number of carboxylic acid groups (broad SMARTS) is 1. The van der Waals surface area contributed by atoms with E-state index in [4.69, 9.17) is 5.11 Å². The Balaban J connectivity index is 3.09. The molecule has 106 valence electrons. The molecule has 0 spiro atoms. The normalized spacial score (nSPS) is 13.4. The molecule has 1 atom stereocenters. The van der Waals surface area contributed by atoms with Gasteiger partial charge >= 0.3 is 12.1 Å². The number of hydrogen-bond acceptors (Lipinski definition) is 2. The molecule has 1 rings (SSSR count). The summed E-state index contributed by atoms with van der Waals surface area (Å²) in [5.74, 6) is -1.33. The van der Waals surface area contributed by atoms with E-state index in [1.54, 1.807) is 20.8 Å². The van der Waals surface area contributed by atoms with E-state index in [0.29, 0.717) is 5.56 Å². The number of alkyl halides is 3. The van der Waals surface area contributed by atoms with Gasteiger partial charge in [-0.2, -0.15) is 13.2 Å². The maximum Gasteiger partial charge on any atom is 0.416 e. The highest BCUT2D eigenvalue weighted by Crippen LogP contribution is 2.32. The highest BCUT2D eigenvalue weighted by Gasteiger charge is 2.31. The summed E-state index contributed by atoms with van der Waals surface area (Å²) in [4.78, 5) is 11.1. The van der Waals surface area contributed by atoms with Crippen LogP contribution in [0.3, 0.4) is 0 Å². The van der Waals surface area contributed by atoms with Crippen LogP contribution in [0.1, 0.15) is 25.0 Å². The minimum absolute atomic E-state index is 0.191. The summed E-state index contributed by atoms with van der Waals surface area (Å²) >= 11 is 0. The first-order valence-electron chi connectivity index (χ1n) is 5.80. The Hall–Kier alpha value is -1.72. The summed E-state index contributed by atoms with van der Waals surface area (Å²) in [5.41, 5.74) is -0.0377. The van der Waals surface area contributed by atoms with Gasteiger partial charge < -0.3 is 10.4 Å². The van der Waals surface area contributed by atoms with Gasteiger partial charge in [0.1, 0.15) is 6.04 Å². The SMILES string of the molecule is Cc1ccc(C(F)(F)F)cc1NC(C(=O)O)C(C)C. The number of benzene rings is 1. The molecule has 0 aromatic heterocycles. The smallest absolute Gasteiger partial charge is 0.416 e. The Morgan fingerprint density at radius 3 is 2.32 bits per heavy atom. The molecule has 0 amide bonds. The van der Waals surface area contributed by atoms with Gasteiger partial charge in [0.05, 0.1) is 5.56 Å². The van der Waals surface area contributed by atoms with E-state index in [1.165, 1.54) is 6.07 Å². The lowest BCUT2D eigenvalue weighted by atomic mass is 10.0. The van der Waals surface area contributed by atoms with Crippen LogP contribution < -0.4 is 5.32 Å². The zero-order valence-corrected chi connectivity index (χ0v) is 10.9. The highest BCUT2D eigenvalue weighted by atomic mass is 19.4. The molecule has 3 nitrogen and oxygen atoms in total. The van der Waals surface area contributed by atoms with E-state index in [1.807, 2.05) is 0 Å². The maximum atomic E-state index is 12.6. The molecule has 0 fully saturated rings. The average Bonchev–Trinajstić information content (AvgIpc) is 2.25. The van der Waals surface area contributed by atoms with Crippen LogP contribution in [0.25, 0.3) is 0 Å². The standard InChI is InChI=1S/C13H16F3NO2/c1-7(2)11(12(18)19)17-10-6-9(13(14,15)16)5-4-8(10)3/h4-7,11,17H,1-3H3,(H,18,19). The Morgan fingerprint density at radius 1 is 1.32 bits per heavy atom. The fourth-order valence-electron chi connectivity index (χ4n) is 1.63. The van der Waals surface area contributed by atoms with E-state index in [2.05, 4.69) is 5.32 Å². The molecule has 0 aliphatic carbocycles. The van der Waals surface area contributed by atoms with E-state index >= 15 is 0 Å². The summed E-state index contributed by atoms with van der Waals surface area (Å²) in [6.07, 6.45) is -4.44. The van der Waals surface area contributed by atoms with Crippen molar-refractivity contribution in [1.82, 2.24) is 0 Å². The number of halogens is 3. The molecule has 0 heterocycles. The van der Waals surface area contributed by atoms with Crippen LogP contribution >= 0.6 is 0 Å². The Kier molecular flexibility index (Phi) is 4.44. The van der Waals surface area contributed by atoms with E-state index in [-0.39, 0.29) is 11.6 Å². The van der Waals surface area contributed by atoms with E-state index in [9.17, 15) is 18.0 Å². The van der Waals surface area contributed by atoms with Crippen molar-refractivity contribution in [3.8, 4) is 0 Å².